The second-order valence-electron chi connectivity index (χ2n) is 5.14. The van der Waals surface area contributed by atoms with E-state index in [1.807, 2.05) is 0 Å². The fourth-order valence-corrected chi connectivity index (χ4v) is 3.12. The molecule has 0 aliphatic carbocycles. The Morgan fingerprint density at radius 1 is 1.32 bits per heavy atom. The third-order valence-electron chi connectivity index (χ3n) is 3.22. The maximum Gasteiger partial charge on any atom is 0.433 e. The van der Waals surface area contributed by atoms with Gasteiger partial charge >= 0.3 is 6.18 Å². The molecule has 0 saturated carbocycles. The molecule has 0 radical (unpaired) electrons. The topological polar surface area (TPSA) is 72.2 Å². The summed E-state index contributed by atoms with van der Waals surface area (Å²) in [6.07, 6.45) is -1.97. The van der Waals surface area contributed by atoms with E-state index in [4.69, 9.17) is 11.6 Å². The van der Waals surface area contributed by atoms with Crippen LogP contribution in [0.15, 0.2) is 30.6 Å². The summed E-state index contributed by atoms with van der Waals surface area (Å²) in [4.78, 5) is 7.15. The molecule has 0 bridgehead atoms. The highest BCUT2D eigenvalue weighted by molar-refractivity contribution is 7.83. The van der Waals surface area contributed by atoms with Crippen molar-refractivity contribution in [2.45, 2.75) is 11.9 Å². The lowest BCUT2D eigenvalue weighted by atomic mass is 10.2. The van der Waals surface area contributed by atoms with E-state index in [1.165, 1.54) is 6.26 Å². The van der Waals surface area contributed by atoms with Gasteiger partial charge in [0, 0.05) is 39.6 Å². The van der Waals surface area contributed by atoms with Crippen molar-refractivity contribution < 1.29 is 17.4 Å². The van der Waals surface area contributed by atoms with Crippen molar-refractivity contribution in [2.24, 2.45) is 0 Å². The first-order valence-corrected chi connectivity index (χ1v) is 8.98. The van der Waals surface area contributed by atoms with E-state index >= 15 is 0 Å². The SMILES string of the molecule is CS(=O)Cc1cc(Nc2cc(C(F)(F)F)nc3ncnn23)ccc1Cl. The van der Waals surface area contributed by atoms with Crippen molar-refractivity contribution >= 4 is 39.7 Å². The number of aromatic nitrogens is 4. The molecule has 0 fully saturated rings. The fraction of sp³-hybridized carbons (Fsp3) is 0.214. The van der Waals surface area contributed by atoms with Gasteiger partial charge in [0.2, 0.25) is 0 Å². The van der Waals surface area contributed by atoms with Gasteiger partial charge < -0.3 is 5.32 Å². The summed E-state index contributed by atoms with van der Waals surface area (Å²) in [7, 11) is -1.11. The Morgan fingerprint density at radius 3 is 2.76 bits per heavy atom. The summed E-state index contributed by atoms with van der Waals surface area (Å²) >= 11 is 6.06. The lowest BCUT2D eigenvalue weighted by molar-refractivity contribution is -0.141. The van der Waals surface area contributed by atoms with Gasteiger partial charge in [0.1, 0.15) is 12.1 Å². The first kappa shape index (κ1) is 17.6. The maximum absolute atomic E-state index is 13.0. The number of fused-ring (bicyclic) bond motifs is 1. The van der Waals surface area contributed by atoms with Crippen molar-refractivity contribution in [2.75, 3.05) is 11.6 Å². The van der Waals surface area contributed by atoms with E-state index in [0.717, 1.165) is 16.9 Å². The van der Waals surface area contributed by atoms with E-state index in [1.54, 1.807) is 18.2 Å². The smallest absolute Gasteiger partial charge is 0.340 e. The van der Waals surface area contributed by atoms with Gasteiger partial charge in [-0.3, -0.25) is 4.21 Å². The first-order chi connectivity index (χ1) is 11.7. The molecule has 3 rings (SSSR count). The maximum atomic E-state index is 13.0. The van der Waals surface area contributed by atoms with E-state index in [9.17, 15) is 17.4 Å². The summed E-state index contributed by atoms with van der Waals surface area (Å²) < 4.78 is 51.6. The normalized spacial score (nSPS) is 13.2. The van der Waals surface area contributed by atoms with Crippen LogP contribution >= 0.6 is 11.6 Å². The summed E-state index contributed by atoms with van der Waals surface area (Å²) in [5, 5.41) is 7.14. The average Bonchev–Trinajstić information content (AvgIpc) is 2.98. The molecule has 11 heteroatoms. The molecule has 25 heavy (non-hydrogen) atoms. The van der Waals surface area contributed by atoms with Gasteiger partial charge in [-0.1, -0.05) is 11.6 Å². The molecule has 3 aromatic rings. The van der Waals surface area contributed by atoms with Crippen molar-refractivity contribution in [1.82, 2.24) is 19.6 Å². The zero-order chi connectivity index (χ0) is 18.2. The predicted molar refractivity (Wildman–Crippen MR) is 88.3 cm³/mol. The predicted octanol–water partition coefficient (Wildman–Crippen LogP) is 3.42. The van der Waals surface area contributed by atoms with Gasteiger partial charge in [0.25, 0.3) is 5.78 Å². The average molecular weight is 390 g/mol. The molecule has 1 atom stereocenters. The highest BCUT2D eigenvalue weighted by atomic mass is 35.5. The third kappa shape index (κ3) is 3.90. The number of benzene rings is 1. The number of hydrogen-bond donors (Lipinski definition) is 1. The van der Waals surface area contributed by atoms with Gasteiger partial charge in [-0.05, 0) is 23.8 Å². The van der Waals surface area contributed by atoms with E-state index < -0.39 is 22.7 Å². The molecule has 0 spiro atoms. The molecular formula is C14H11ClF3N5OS. The molecule has 1 aromatic carbocycles. The van der Waals surface area contributed by atoms with Gasteiger partial charge in [-0.15, -0.1) is 0 Å². The molecular weight excluding hydrogens is 379 g/mol. The third-order valence-corrected chi connectivity index (χ3v) is 4.31. The quantitative estimate of drug-likeness (QED) is 0.740. The second kappa shape index (κ2) is 6.60. The first-order valence-electron chi connectivity index (χ1n) is 6.87. The Labute approximate surface area is 147 Å². The Kier molecular flexibility index (Phi) is 4.65. The lowest BCUT2D eigenvalue weighted by Gasteiger charge is -2.12. The van der Waals surface area contributed by atoms with Crippen LogP contribution in [0.5, 0.6) is 0 Å². The minimum Gasteiger partial charge on any atom is -0.340 e. The highest BCUT2D eigenvalue weighted by Crippen LogP contribution is 2.31. The Bertz CT molecular complexity index is 959. The molecule has 132 valence electrons. The van der Waals surface area contributed by atoms with E-state index in [-0.39, 0.29) is 17.3 Å². The van der Waals surface area contributed by atoms with Crippen LogP contribution in [0.1, 0.15) is 11.3 Å². The number of anilines is 2. The molecule has 0 aliphatic heterocycles. The van der Waals surface area contributed by atoms with Crippen LogP contribution in [-0.2, 0) is 22.7 Å². The molecule has 0 aliphatic rings. The zero-order valence-corrected chi connectivity index (χ0v) is 14.3. The minimum absolute atomic E-state index is 0.0423. The standard InChI is InChI=1S/C14H11ClF3N5OS/c1-25(24)6-8-4-9(2-3-10(8)15)21-12-5-11(14(16,17)18)22-13-19-7-20-23(12)13/h2-5,7,21H,6H2,1H3. The van der Waals surface area contributed by atoms with Crippen LogP contribution in [0.4, 0.5) is 24.7 Å². The Morgan fingerprint density at radius 2 is 2.08 bits per heavy atom. The molecule has 2 heterocycles. The summed E-state index contributed by atoms with van der Waals surface area (Å²) in [5.41, 5.74) is 0.00718. The van der Waals surface area contributed by atoms with Crippen LogP contribution in [0, 0.1) is 0 Å². The number of rotatable bonds is 4. The van der Waals surface area contributed by atoms with Gasteiger partial charge in [0.05, 0.1) is 0 Å². The molecule has 1 N–H and O–H groups in total. The van der Waals surface area contributed by atoms with Crippen LogP contribution in [0.25, 0.3) is 5.78 Å². The molecule has 2 aromatic heterocycles. The van der Waals surface area contributed by atoms with Crippen LogP contribution in [0.3, 0.4) is 0 Å². The lowest BCUT2D eigenvalue weighted by Crippen LogP contribution is -2.12. The second-order valence-corrected chi connectivity index (χ2v) is 6.99. The van der Waals surface area contributed by atoms with Crippen LogP contribution in [-0.4, -0.2) is 30.0 Å². The van der Waals surface area contributed by atoms with Crippen molar-refractivity contribution in [1.29, 1.82) is 0 Å². The van der Waals surface area contributed by atoms with Crippen LogP contribution < -0.4 is 5.32 Å². The van der Waals surface area contributed by atoms with Gasteiger partial charge in [-0.25, -0.2) is 4.98 Å². The van der Waals surface area contributed by atoms with E-state index in [2.05, 4.69) is 20.4 Å². The summed E-state index contributed by atoms with van der Waals surface area (Å²) in [6.45, 7) is 0. The fourth-order valence-electron chi connectivity index (χ4n) is 2.18. The van der Waals surface area contributed by atoms with Crippen molar-refractivity contribution in [3.63, 3.8) is 0 Å². The van der Waals surface area contributed by atoms with Crippen molar-refractivity contribution in [3.05, 3.63) is 46.9 Å². The van der Waals surface area contributed by atoms with Crippen molar-refractivity contribution in [3.8, 4) is 0 Å². The van der Waals surface area contributed by atoms with Crippen LogP contribution in [0.2, 0.25) is 5.02 Å². The zero-order valence-electron chi connectivity index (χ0n) is 12.7. The number of alkyl halides is 3. The highest BCUT2D eigenvalue weighted by Gasteiger charge is 2.34. The number of halogens is 4. The summed E-state index contributed by atoms with van der Waals surface area (Å²) in [6, 6.07) is 5.64. The number of nitrogens with zero attached hydrogens (tertiary/aromatic N) is 4. The number of nitrogens with one attached hydrogen (secondary N) is 1. The Balaban J connectivity index is 2.03. The van der Waals surface area contributed by atoms with Gasteiger partial charge in [0.15, 0.2) is 5.69 Å². The summed E-state index contributed by atoms with van der Waals surface area (Å²) in [5.74, 6) is 0.0962. The molecule has 0 amide bonds. The number of hydrogen-bond acceptors (Lipinski definition) is 5. The Hall–Kier alpha value is -2.20. The molecule has 6 nitrogen and oxygen atoms in total. The molecule has 1 unspecified atom stereocenters. The minimum atomic E-state index is -4.62. The largest absolute Gasteiger partial charge is 0.433 e. The van der Waals surface area contributed by atoms with E-state index in [0.29, 0.717) is 16.3 Å². The monoisotopic (exact) mass is 389 g/mol. The molecule has 0 saturated heterocycles. The van der Waals surface area contributed by atoms with Gasteiger partial charge in [-0.2, -0.15) is 27.8 Å².